The monoisotopic (exact) mass is 420 g/mol. The van der Waals surface area contributed by atoms with E-state index in [-0.39, 0.29) is 4.90 Å². The number of nitrogens with one attached hydrogen (secondary N) is 2. The molecule has 0 aliphatic rings. The average Bonchev–Trinajstić information content (AvgIpc) is 2.71. The van der Waals surface area contributed by atoms with E-state index in [0.29, 0.717) is 37.0 Å². The summed E-state index contributed by atoms with van der Waals surface area (Å²) in [4.78, 5) is 4.70. The van der Waals surface area contributed by atoms with Crippen LogP contribution in [0.25, 0.3) is 0 Å². The third-order valence-corrected chi connectivity index (χ3v) is 5.10. The van der Waals surface area contributed by atoms with Gasteiger partial charge in [0.25, 0.3) is 0 Å². The van der Waals surface area contributed by atoms with E-state index < -0.39 is 10.0 Å². The third-order valence-electron chi connectivity index (χ3n) is 4.17. The van der Waals surface area contributed by atoms with E-state index in [4.69, 9.17) is 14.6 Å². The standard InChI is InChI=1S/C20H28N4O4S/c1-4-22-20(24-14-16-7-10-18(27-2)19(13-16)28-3)23-12-11-15-5-8-17(9-6-15)29(21,25)26/h5-10,13H,4,11-12,14H2,1-3H3,(H2,21,25,26)(H2,22,23,24). The number of sulfonamides is 1. The highest BCUT2D eigenvalue weighted by Gasteiger charge is 2.07. The van der Waals surface area contributed by atoms with Crippen molar-refractivity contribution in [2.45, 2.75) is 24.8 Å². The van der Waals surface area contributed by atoms with Gasteiger partial charge in [-0.15, -0.1) is 0 Å². The molecule has 0 aromatic heterocycles. The Morgan fingerprint density at radius 2 is 1.66 bits per heavy atom. The molecule has 0 unspecified atom stereocenters. The molecule has 0 aliphatic carbocycles. The van der Waals surface area contributed by atoms with E-state index in [0.717, 1.165) is 17.7 Å². The maximum absolute atomic E-state index is 11.3. The van der Waals surface area contributed by atoms with Gasteiger partial charge in [-0.1, -0.05) is 18.2 Å². The van der Waals surface area contributed by atoms with Crippen LogP contribution in [-0.2, 0) is 23.0 Å². The molecule has 0 atom stereocenters. The Labute approximate surface area is 172 Å². The molecule has 29 heavy (non-hydrogen) atoms. The Hall–Kier alpha value is -2.78. The normalized spacial score (nSPS) is 11.8. The molecule has 2 aromatic rings. The van der Waals surface area contributed by atoms with E-state index >= 15 is 0 Å². The lowest BCUT2D eigenvalue weighted by Gasteiger charge is -2.12. The van der Waals surface area contributed by atoms with E-state index in [1.54, 1.807) is 26.4 Å². The molecule has 0 radical (unpaired) electrons. The first-order valence-corrected chi connectivity index (χ1v) is 10.8. The van der Waals surface area contributed by atoms with Crippen molar-refractivity contribution in [3.05, 3.63) is 53.6 Å². The smallest absolute Gasteiger partial charge is 0.238 e. The van der Waals surface area contributed by atoms with Gasteiger partial charge in [0.15, 0.2) is 17.5 Å². The number of methoxy groups -OCH3 is 2. The number of rotatable bonds is 9. The second-order valence-corrected chi connectivity index (χ2v) is 7.81. The third kappa shape index (κ3) is 6.95. The summed E-state index contributed by atoms with van der Waals surface area (Å²) in [5.41, 5.74) is 2.00. The zero-order valence-corrected chi connectivity index (χ0v) is 17.8. The van der Waals surface area contributed by atoms with Crippen molar-refractivity contribution in [3.8, 4) is 11.5 Å². The molecule has 0 saturated heterocycles. The number of benzene rings is 2. The minimum atomic E-state index is -3.67. The molecule has 0 heterocycles. The van der Waals surface area contributed by atoms with Crippen LogP contribution in [0.3, 0.4) is 0 Å². The maximum Gasteiger partial charge on any atom is 0.238 e. The molecule has 0 fully saturated rings. The van der Waals surface area contributed by atoms with Gasteiger partial charge in [-0.2, -0.15) is 0 Å². The number of primary sulfonamides is 1. The predicted octanol–water partition coefficient (Wildman–Crippen LogP) is 1.65. The lowest BCUT2D eigenvalue weighted by molar-refractivity contribution is 0.354. The van der Waals surface area contributed by atoms with Gasteiger partial charge in [0.1, 0.15) is 0 Å². The maximum atomic E-state index is 11.3. The second-order valence-electron chi connectivity index (χ2n) is 6.25. The molecule has 0 aliphatic heterocycles. The molecule has 0 saturated carbocycles. The van der Waals surface area contributed by atoms with E-state index in [1.807, 2.05) is 25.1 Å². The van der Waals surface area contributed by atoms with Crippen molar-refractivity contribution in [3.63, 3.8) is 0 Å². The topological polar surface area (TPSA) is 115 Å². The molecule has 158 valence electrons. The number of ether oxygens (including phenoxy) is 2. The number of nitrogens with two attached hydrogens (primary N) is 1. The Bertz CT molecular complexity index is 928. The highest BCUT2D eigenvalue weighted by atomic mass is 32.2. The predicted molar refractivity (Wildman–Crippen MR) is 114 cm³/mol. The summed E-state index contributed by atoms with van der Waals surface area (Å²) in [6, 6.07) is 12.3. The van der Waals surface area contributed by atoms with Crippen molar-refractivity contribution in [2.24, 2.45) is 10.1 Å². The van der Waals surface area contributed by atoms with Crippen molar-refractivity contribution in [1.82, 2.24) is 10.6 Å². The largest absolute Gasteiger partial charge is 0.493 e. The van der Waals surface area contributed by atoms with Crippen molar-refractivity contribution < 1.29 is 17.9 Å². The molecule has 0 bridgehead atoms. The molecular formula is C20H28N4O4S. The first-order valence-electron chi connectivity index (χ1n) is 9.22. The summed E-state index contributed by atoms with van der Waals surface area (Å²) in [5, 5.41) is 11.6. The number of nitrogens with zero attached hydrogens (tertiary/aromatic N) is 1. The summed E-state index contributed by atoms with van der Waals surface area (Å²) in [5.74, 6) is 2.04. The van der Waals surface area contributed by atoms with Crippen LogP contribution in [0.4, 0.5) is 0 Å². The van der Waals surface area contributed by atoms with Gasteiger partial charge in [-0.05, 0) is 48.7 Å². The number of guanidine groups is 1. The van der Waals surface area contributed by atoms with Crippen LogP contribution in [0, 0.1) is 0 Å². The van der Waals surface area contributed by atoms with Crippen LogP contribution >= 0.6 is 0 Å². The molecule has 9 heteroatoms. The summed E-state index contributed by atoms with van der Waals surface area (Å²) in [7, 11) is -0.460. The van der Waals surface area contributed by atoms with E-state index in [1.165, 1.54) is 12.1 Å². The first kappa shape index (κ1) is 22.5. The second kappa shape index (κ2) is 10.7. The van der Waals surface area contributed by atoms with Gasteiger partial charge < -0.3 is 20.1 Å². The van der Waals surface area contributed by atoms with Crippen molar-refractivity contribution in [2.75, 3.05) is 27.3 Å². The molecule has 2 aromatic carbocycles. The minimum absolute atomic E-state index is 0.110. The zero-order valence-electron chi connectivity index (χ0n) is 16.9. The van der Waals surface area contributed by atoms with Crippen LogP contribution in [0.5, 0.6) is 11.5 Å². The van der Waals surface area contributed by atoms with Crippen molar-refractivity contribution in [1.29, 1.82) is 0 Å². The molecule has 8 nitrogen and oxygen atoms in total. The SMILES string of the molecule is CCNC(=NCc1ccc(OC)c(OC)c1)NCCc1ccc(S(N)(=O)=O)cc1. The highest BCUT2D eigenvalue weighted by Crippen LogP contribution is 2.27. The zero-order chi connectivity index (χ0) is 21.3. The first-order chi connectivity index (χ1) is 13.9. The quantitative estimate of drug-likeness (QED) is 0.420. The lowest BCUT2D eigenvalue weighted by atomic mass is 10.1. The summed E-state index contributed by atoms with van der Waals surface area (Å²) in [6.07, 6.45) is 0.714. The number of aliphatic imine (C=N–C) groups is 1. The Morgan fingerprint density at radius 3 is 2.24 bits per heavy atom. The summed E-state index contributed by atoms with van der Waals surface area (Å²) < 4.78 is 33.2. The van der Waals surface area contributed by atoms with Crippen LogP contribution in [-0.4, -0.2) is 41.7 Å². The summed E-state index contributed by atoms with van der Waals surface area (Å²) >= 11 is 0. The number of hydrogen-bond donors (Lipinski definition) is 3. The molecule has 0 amide bonds. The Morgan fingerprint density at radius 1 is 1.00 bits per heavy atom. The van der Waals surface area contributed by atoms with Gasteiger partial charge in [-0.25, -0.2) is 18.5 Å². The molecule has 2 rings (SSSR count). The van der Waals surface area contributed by atoms with Gasteiger partial charge >= 0.3 is 0 Å². The van der Waals surface area contributed by atoms with E-state index in [9.17, 15) is 8.42 Å². The van der Waals surface area contributed by atoms with Gasteiger partial charge in [-0.3, -0.25) is 0 Å². The highest BCUT2D eigenvalue weighted by molar-refractivity contribution is 7.89. The fourth-order valence-corrected chi connectivity index (χ4v) is 3.18. The van der Waals surface area contributed by atoms with Crippen LogP contribution in [0.15, 0.2) is 52.4 Å². The Kier molecular flexibility index (Phi) is 8.29. The van der Waals surface area contributed by atoms with Gasteiger partial charge in [0.05, 0.1) is 25.7 Å². The lowest BCUT2D eigenvalue weighted by Crippen LogP contribution is -2.38. The average molecular weight is 421 g/mol. The van der Waals surface area contributed by atoms with Gasteiger partial charge in [0, 0.05) is 13.1 Å². The molecule has 4 N–H and O–H groups in total. The van der Waals surface area contributed by atoms with Gasteiger partial charge in [0.2, 0.25) is 10.0 Å². The number of hydrogen-bond acceptors (Lipinski definition) is 5. The fourth-order valence-electron chi connectivity index (χ4n) is 2.66. The van der Waals surface area contributed by atoms with Crippen molar-refractivity contribution >= 4 is 16.0 Å². The Balaban J connectivity index is 1.95. The summed E-state index contributed by atoms with van der Waals surface area (Å²) in [6.45, 7) is 3.87. The van der Waals surface area contributed by atoms with E-state index in [2.05, 4.69) is 15.6 Å². The fraction of sp³-hybridized carbons (Fsp3) is 0.350. The van der Waals surface area contributed by atoms with Crippen LogP contribution in [0.2, 0.25) is 0 Å². The van der Waals surface area contributed by atoms with Crippen LogP contribution in [0.1, 0.15) is 18.1 Å². The minimum Gasteiger partial charge on any atom is -0.493 e. The molecular weight excluding hydrogens is 392 g/mol. The van der Waals surface area contributed by atoms with Crippen LogP contribution < -0.4 is 25.2 Å². The molecule has 0 spiro atoms.